The molecule has 0 saturated carbocycles. The van der Waals surface area contributed by atoms with Gasteiger partial charge >= 0.3 is 6.03 Å². The zero-order chi connectivity index (χ0) is 16.5. The van der Waals surface area contributed by atoms with Gasteiger partial charge in [-0.3, -0.25) is 4.84 Å². The molecule has 4 heteroatoms. The third-order valence-electron chi connectivity index (χ3n) is 3.66. The minimum absolute atomic E-state index is 0.351. The predicted octanol–water partition coefficient (Wildman–Crippen LogP) is 3.47. The van der Waals surface area contributed by atoms with Crippen molar-refractivity contribution in [1.29, 1.82) is 0 Å². The molecule has 2 rings (SSSR count). The molecular weight excluding hydrogens is 288 g/mol. The lowest BCUT2D eigenvalue weighted by molar-refractivity contribution is 0.0497. The molecule has 1 atom stereocenters. The van der Waals surface area contributed by atoms with Gasteiger partial charge in [0.15, 0.2) is 0 Å². The number of nitrogens with one attached hydrogen (secondary N) is 2. The molecule has 2 aromatic rings. The van der Waals surface area contributed by atoms with Crippen molar-refractivity contribution in [3.8, 4) is 0 Å². The first-order chi connectivity index (χ1) is 11.2. The van der Waals surface area contributed by atoms with Gasteiger partial charge in [0.1, 0.15) is 0 Å². The molecule has 2 aromatic carbocycles. The molecule has 23 heavy (non-hydrogen) atoms. The normalized spacial score (nSPS) is 11.7. The van der Waals surface area contributed by atoms with Crippen molar-refractivity contribution >= 4 is 6.03 Å². The fourth-order valence-electron chi connectivity index (χ4n) is 2.50. The van der Waals surface area contributed by atoms with E-state index in [1.165, 1.54) is 11.1 Å². The van der Waals surface area contributed by atoms with Crippen LogP contribution in [0.25, 0.3) is 0 Å². The largest absolute Gasteiger partial charge is 0.339 e. The van der Waals surface area contributed by atoms with Crippen molar-refractivity contribution in [2.24, 2.45) is 5.92 Å². The van der Waals surface area contributed by atoms with Crippen LogP contribution in [0.3, 0.4) is 0 Å². The number of hydrogen-bond acceptors (Lipinski definition) is 2. The van der Waals surface area contributed by atoms with Gasteiger partial charge in [0.25, 0.3) is 0 Å². The van der Waals surface area contributed by atoms with Gasteiger partial charge < -0.3 is 5.32 Å². The molecule has 0 aromatic heterocycles. The molecule has 0 aliphatic rings. The van der Waals surface area contributed by atoms with Gasteiger partial charge in [0, 0.05) is 7.05 Å². The van der Waals surface area contributed by atoms with Crippen LogP contribution >= 0.6 is 0 Å². The highest BCUT2D eigenvalue weighted by Gasteiger charge is 2.05. The van der Waals surface area contributed by atoms with E-state index in [2.05, 4.69) is 54.1 Å². The molecule has 0 bridgehead atoms. The Morgan fingerprint density at radius 3 is 2.13 bits per heavy atom. The molecule has 0 fully saturated rings. The van der Waals surface area contributed by atoms with Crippen LogP contribution < -0.4 is 10.8 Å². The third kappa shape index (κ3) is 6.12. The van der Waals surface area contributed by atoms with Gasteiger partial charge in [0.2, 0.25) is 0 Å². The first-order valence-corrected chi connectivity index (χ1v) is 7.88. The Bertz CT molecular complexity index is 597. The van der Waals surface area contributed by atoms with Gasteiger partial charge in [-0.15, -0.1) is 0 Å². The minimum Gasteiger partial charge on any atom is -0.339 e. The summed E-state index contributed by atoms with van der Waals surface area (Å²) in [4.78, 5) is 16.1. The number of carbonyl (C=O) groups excluding carboxylic acids is 1. The molecule has 0 aliphatic heterocycles. The second kappa shape index (κ2) is 8.96. The third-order valence-corrected chi connectivity index (χ3v) is 3.66. The van der Waals surface area contributed by atoms with Crippen molar-refractivity contribution in [2.45, 2.75) is 26.4 Å². The summed E-state index contributed by atoms with van der Waals surface area (Å²) < 4.78 is 0. The fraction of sp³-hybridized carbons (Fsp3) is 0.316. The van der Waals surface area contributed by atoms with E-state index in [4.69, 9.17) is 4.84 Å². The number of amides is 2. The molecule has 122 valence electrons. The monoisotopic (exact) mass is 312 g/mol. The fourth-order valence-corrected chi connectivity index (χ4v) is 2.50. The maximum atomic E-state index is 11.0. The zero-order valence-corrected chi connectivity index (χ0v) is 13.7. The lowest BCUT2D eigenvalue weighted by Crippen LogP contribution is -2.32. The highest BCUT2D eigenvalue weighted by Crippen LogP contribution is 2.15. The van der Waals surface area contributed by atoms with Crippen LogP contribution in [0.15, 0.2) is 54.6 Å². The van der Waals surface area contributed by atoms with Crippen molar-refractivity contribution < 1.29 is 9.63 Å². The molecular formula is C19H24N2O2. The van der Waals surface area contributed by atoms with Crippen LogP contribution in [0.2, 0.25) is 0 Å². The molecule has 4 nitrogen and oxygen atoms in total. The number of urea groups is 1. The van der Waals surface area contributed by atoms with E-state index < -0.39 is 0 Å². The lowest BCUT2D eigenvalue weighted by Gasteiger charge is -2.12. The number of carbonyl (C=O) groups is 1. The van der Waals surface area contributed by atoms with Crippen LogP contribution in [0.4, 0.5) is 4.79 Å². The average molecular weight is 312 g/mol. The van der Waals surface area contributed by atoms with E-state index in [0.29, 0.717) is 12.5 Å². The second-order valence-electron chi connectivity index (χ2n) is 5.79. The number of rotatable bonds is 7. The summed E-state index contributed by atoms with van der Waals surface area (Å²) in [6.07, 6.45) is 2.13. The van der Waals surface area contributed by atoms with E-state index in [0.717, 1.165) is 18.4 Å². The molecule has 0 saturated heterocycles. The Morgan fingerprint density at radius 1 is 0.957 bits per heavy atom. The molecule has 0 aliphatic carbocycles. The SMILES string of the molecule is CNC(=O)NOCc1ccc(CC(C)Cc2ccccc2)cc1. The van der Waals surface area contributed by atoms with Crippen LogP contribution in [-0.2, 0) is 24.3 Å². The first kappa shape index (κ1) is 17.0. The van der Waals surface area contributed by atoms with E-state index in [1.807, 2.05) is 18.2 Å². The molecule has 1 unspecified atom stereocenters. The number of hydroxylamine groups is 1. The first-order valence-electron chi connectivity index (χ1n) is 7.88. The maximum Gasteiger partial charge on any atom is 0.338 e. The molecule has 0 spiro atoms. The Morgan fingerprint density at radius 2 is 1.52 bits per heavy atom. The van der Waals surface area contributed by atoms with Crippen LogP contribution in [0.1, 0.15) is 23.6 Å². The Hall–Kier alpha value is -2.33. The number of hydrogen-bond donors (Lipinski definition) is 2. The summed E-state index contributed by atoms with van der Waals surface area (Å²) in [6, 6.07) is 18.6. The van der Waals surface area contributed by atoms with Crippen molar-refractivity contribution in [3.63, 3.8) is 0 Å². The lowest BCUT2D eigenvalue weighted by atomic mass is 9.94. The molecule has 2 amide bonds. The highest BCUT2D eigenvalue weighted by molar-refractivity contribution is 5.72. The second-order valence-corrected chi connectivity index (χ2v) is 5.79. The highest BCUT2D eigenvalue weighted by atomic mass is 16.7. The smallest absolute Gasteiger partial charge is 0.338 e. The van der Waals surface area contributed by atoms with Crippen LogP contribution in [-0.4, -0.2) is 13.1 Å². The summed E-state index contributed by atoms with van der Waals surface area (Å²) in [7, 11) is 1.55. The zero-order valence-electron chi connectivity index (χ0n) is 13.7. The Balaban J connectivity index is 1.79. The molecule has 0 radical (unpaired) electrons. The van der Waals surface area contributed by atoms with Gasteiger partial charge in [-0.05, 0) is 35.4 Å². The van der Waals surface area contributed by atoms with Gasteiger partial charge in [-0.2, -0.15) is 0 Å². The van der Waals surface area contributed by atoms with Gasteiger partial charge in [0.05, 0.1) is 6.61 Å². The Kier molecular flexibility index (Phi) is 6.63. The van der Waals surface area contributed by atoms with Crippen LogP contribution in [0, 0.1) is 5.92 Å². The topological polar surface area (TPSA) is 50.4 Å². The van der Waals surface area contributed by atoms with E-state index in [9.17, 15) is 4.79 Å². The minimum atomic E-state index is -0.351. The maximum absolute atomic E-state index is 11.0. The van der Waals surface area contributed by atoms with Crippen LogP contribution in [0.5, 0.6) is 0 Å². The predicted molar refractivity (Wildman–Crippen MR) is 91.8 cm³/mol. The average Bonchev–Trinajstić information content (AvgIpc) is 2.57. The van der Waals surface area contributed by atoms with E-state index in [-0.39, 0.29) is 6.03 Å². The quantitative estimate of drug-likeness (QED) is 0.769. The summed E-state index contributed by atoms with van der Waals surface area (Å²) in [5.41, 5.74) is 6.03. The summed E-state index contributed by atoms with van der Waals surface area (Å²) >= 11 is 0. The molecule has 2 N–H and O–H groups in total. The Labute approximate surface area is 137 Å². The standard InChI is InChI=1S/C19H24N2O2/c1-15(12-16-6-4-3-5-7-16)13-17-8-10-18(11-9-17)14-23-21-19(22)20-2/h3-11,15H,12-14H2,1-2H3,(H2,20,21,22). The molecule has 0 heterocycles. The van der Waals surface area contributed by atoms with Crippen molar-refractivity contribution in [1.82, 2.24) is 10.8 Å². The van der Waals surface area contributed by atoms with E-state index >= 15 is 0 Å². The summed E-state index contributed by atoms with van der Waals surface area (Å²) in [5.74, 6) is 0.592. The van der Waals surface area contributed by atoms with E-state index in [1.54, 1.807) is 7.05 Å². The van der Waals surface area contributed by atoms with Gasteiger partial charge in [-0.25, -0.2) is 10.3 Å². The number of benzene rings is 2. The summed E-state index contributed by atoms with van der Waals surface area (Å²) in [5, 5.41) is 2.43. The summed E-state index contributed by atoms with van der Waals surface area (Å²) in [6.45, 7) is 2.63. The van der Waals surface area contributed by atoms with Crippen molar-refractivity contribution in [3.05, 3.63) is 71.3 Å². The van der Waals surface area contributed by atoms with Crippen molar-refractivity contribution in [2.75, 3.05) is 7.05 Å². The van der Waals surface area contributed by atoms with Gasteiger partial charge in [-0.1, -0.05) is 61.5 Å².